The first-order valence-electron chi connectivity index (χ1n) is 20.9. The normalized spacial score (nSPS) is 12.5. The van der Waals surface area contributed by atoms with E-state index in [4.69, 9.17) is 15.4 Å². The molecule has 0 aromatic carbocycles. The zero-order valence-corrected chi connectivity index (χ0v) is 36.9. The van der Waals surface area contributed by atoms with Crippen LogP contribution in [0.2, 0.25) is 36.3 Å². The Bertz CT molecular complexity index is 504. The maximum atomic E-state index is 7.70. The average Bonchev–Trinajstić information content (AvgIpc) is 3.06. The molecule has 0 saturated heterocycles. The van der Waals surface area contributed by atoms with Crippen molar-refractivity contribution >= 4 is 32.0 Å². The van der Waals surface area contributed by atoms with Gasteiger partial charge in [0.2, 0.25) is 0 Å². The Kier molecular flexibility index (Phi) is 34.9. The molecule has 0 N–H and O–H groups in total. The second-order valence-electron chi connectivity index (χ2n) is 14.5. The second kappa shape index (κ2) is 34.3. The van der Waals surface area contributed by atoms with Crippen molar-refractivity contribution in [2.45, 2.75) is 232 Å². The van der Waals surface area contributed by atoms with Crippen LogP contribution < -0.4 is 0 Å². The third-order valence-corrected chi connectivity index (χ3v) is 27.3. The van der Waals surface area contributed by atoms with E-state index in [1.54, 1.807) is 7.11 Å². The molecule has 0 aliphatic heterocycles. The number of unbranched alkanes of at least 4 members (excludes halogenated alkanes) is 18. The number of hydrogen-bond acceptors (Lipinski definition) is 4. The fourth-order valence-electron chi connectivity index (χ4n) is 6.94. The first kappa shape index (κ1) is 46.8. The molecule has 46 heavy (non-hydrogen) atoms. The molecule has 0 fully saturated rings. The molecule has 7 heteroatoms. The fraction of sp³-hybridized carbons (Fsp3) is 1.00. The van der Waals surface area contributed by atoms with Crippen molar-refractivity contribution < 1.29 is 15.4 Å². The Morgan fingerprint density at radius 1 is 0.348 bits per heavy atom. The zero-order chi connectivity index (χ0) is 34.0. The third-order valence-electron chi connectivity index (χ3n) is 10.0. The molecule has 0 atom stereocenters. The van der Waals surface area contributed by atoms with Crippen LogP contribution in [-0.4, -0.2) is 52.3 Å². The molecule has 0 aromatic heterocycles. The summed E-state index contributed by atoms with van der Waals surface area (Å²) < 4.78 is 27.7. The molecule has 0 bridgehead atoms. The fourth-order valence-corrected chi connectivity index (χ4v) is 25.8. The van der Waals surface area contributed by atoms with Crippen LogP contribution in [0.3, 0.4) is 0 Å². The van der Waals surface area contributed by atoms with Crippen LogP contribution >= 0.6 is 0 Å². The van der Waals surface area contributed by atoms with E-state index in [-0.39, 0.29) is 0 Å². The first-order chi connectivity index (χ1) is 22.5. The van der Waals surface area contributed by atoms with Gasteiger partial charge < -0.3 is 0 Å². The van der Waals surface area contributed by atoms with Gasteiger partial charge in [-0.05, 0) is 0 Å². The summed E-state index contributed by atoms with van der Waals surface area (Å²) in [7, 11) is -2.19. The van der Waals surface area contributed by atoms with Crippen molar-refractivity contribution in [3.05, 3.63) is 0 Å². The van der Waals surface area contributed by atoms with Crippen LogP contribution in [0, 0.1) is 0 Å². The SMILES string of the molecule is CCCCCC[Si](CCCCCC)(CCCCCC)[O][Ge]([O]CCOC)[O][Si](CCCCCC)(CCCCCC)CCCCCC. The van der Waals surface area contributed by atoms with E-state index in [9.17, 15) is 0 Å². The Hall–Kier alpha value is 0.817. The Labute approximate surface area is 298 Å². The van der Waals surface area contributed by atoms with Gasteiger partial charge in [0.1, 0.15) is 0 Å². The van der Waals surface area contributed by atoms with Crippen LogP contribution in [0.1, 0.15) is 196 Å². The summed E-state index contributed by atoms with van der Waals surface area (Å²) in [4.78, 5) is 0. The van der Waals surface area contributed by atoms with Gasteiger partial charge in [0, 0.05) is 0 Å². The van der Waals surface area contributed by atoms with Crippen LogP contribution in [0.15, 0.2) is 0 Å². The van der Waals surface area contributed by atoms with E-state index >= 15 is 0 Å². The van der Waals surface area contributed by atoms with Crippen molar-refractivity contribution in [2.75, 3.05) is 20.3 Å². The molecule has 0 aromatic rings. The van der Waals surface area contributed by atoms with Gasteiger partial charge in [-0.2, -0.15) is 0 Å². The molecular weight excluding hydrogens is 661 g/mol. The van der Waals surface area contributed by atoms with Gasteiger partial charge in [-0.15, -0.1) is 0 Å². The van der Waals surface area contributed by atoms with Gasteiger partial charge in [-0.1, -0.05) is 0 Å². The molecule has 4 nitrogen and oxygen atoms in total. The topological polar surface area (TPSA) is 36.9 Å². The molecule has 277 valence electrons. The average molecular weight is 747 g/mol. The molecular formula is C39H85GeO4Si2. The molecule has 0 aliphatic carbocycles. The van der Waals surface area contributed by atoms with E-state index in [1.807, 2.05) is 0 Å². The second-order valence-corrected chi connectivity index (χ2v) is 26.9. The van der Waals surface area contributed by atoms with Crippen LogP contribution in [-0.2, 0) is 15.4 Å². The van der Waals surface area contributed by atoms with Crippen LogP contribution in [0.4, 0.5) is 0 Å². The standard InChI is InChI=1S/C39H85GeO4Si2/c1-8-14-20-26-34-45(35-27-21-15-9-2,36-28-22-16-10-3)43-40(42-33-32-41-7)44-46(37-29-23-17-11-4,38-30-24-18-12-5)39-31-25-19-13-6/h8-39H2,1-7H3. The summed E-state index contributed by atoms with van der Waals surface area (Å²) in [6.45, 7) is 15.3. The van der Waals surface area contributed by atoms with Crippen LogP contribution in [0.25, 0.3) is 0 Å². The molecule has 0 aliphatic rings. The van der Waals surface area contributed by atoms with Gasteiger partial charge >= 0.3 is 300 Å². The first-order valence-corrected chi connectivity index (χ1v) is 28.5. The van der Waals surface area contributed by atoms with Gasteiger partial charge in [0.25, 0.3) is 0 Å². The summed E-state index contributed by atoms with van der Waals surface area (Å²) >= 11 is -2.69. The molecule has 0 rings (SSSR count). The zero-order valence-electron chi connectivity index (χ0n) is 32.8. The van der Waals surface area contributed by atoms with Gasteiger partial charge in [-0.3, -0.25) is 0 Å². The summed E-state index contributed by atoms with van der Waals surface area (Å²) in [5.41, 5.74) is 0. The Morgan fingerprint density at radius 2 is 0.609 bits per heavy atom. The minimum atomic E-state index is -2.69. The van der Waals surface area contributed by atoms with E-state index in [0.717, 1.165) is 0 Å². The molecule has 0 spiro atoms. The van der Waals surface area contributed by atoms with Gasteiger partial charge in [0.05, 0.1) is 0 Å². The van der Waals surface area contributed by atoms with Gasteiger partial charge in [0.15, 0.2) is 0 Å². The molecule has 1 radical (unpaired) electrons. The number of hydrogen-bond donors (Lipinski definition) is 0. The molecule has 0 saturated carbocycles. The number of rotatable bonds is 38. The predicted molar refractivity (Wildman–Crippen MR) is 211 cm³/mol. The summed E-state index contributed by atoms with van der Waals surface area (Å²) in [5, 5.41) is 0. The van der Waals surface area contributed by atoms with Crippen LogP contribution in [0.5, 0.6) is 0 Å². The molecule has 0 amide bonds. The maximum absolute atomic E-state index is 7.70. The molecule has 0 heterocycles. The Balaban J connectivity index is 6.44. The number of methoxy groups -OCH3 is 1. The van der Waals surface area contributed by atoms with E-state index < -0.39 is 32.0 Å². The van der Waals surface area contributed by atoms with E-state index in [0.29, 0.717) is 13.2 Å². The summed E-state index contributed by atoms with van der Waals surface area (Å²) in [6.07, 6.45) is 32.0. The third kappa shape index (κ3) is 25.7. The van der Waals surface area contributed by atoms with Crippen molar-refractivity contribution in [1.29, 1.82) is 0 Å². The predicted octanol–water partition coefficient (Wildman–Crippen LogP) is 14.0. The van der Waals surface area contributed by atoms with Crippen molar-refractivity contribution in [3.63, 3.8) is 0 Å². The van der Waals surface area contributed by atoms with Gasteiger partial charge in [-0.25, -0.2) is 0 Å². The monoisotopic (exact) mass is 748 g/mol. The van der Waals surface area contributed by atoms with Crippen molar-refractivity contribution in [3.8, 4) is 0 Å². The minimum absolute atomic E-state index is 0.629. The van der Waals surface area contributed by atoms with Crippen molar-refractivity contribution in [2.24, 2.45) is 0 Å². The van der Waals surface area contributed by atoms with Crippen molar-refractivity contribution in [1.82, 2.24) is 0 Å². The quantitative estimate of drug-likeness (QED) is 0.0466. The van der Waals surface area contributed by atoms with E-state index in [1.165, 1.54) is 190 Å². The summed E-state index contributed by atoms with van der Waals surface area (Å²) in [6, 6.07) is 7.90. The number of ether oxygens (including phenoxy) is 1. The summed E-state index contributed by atoms with van der Waals surface area (Å²) in [5.74, 6) is 0. The Morgan fingerprint density at radius 3 is 0.826 bits per heavy atom. The molecule has 0 unspecified atom stereocenters. The van der Waals surface area contributed by atoms with E-state index in [2.05, 4.69) is 41.5 Å².